The zero-order valence-corrected chi connectivity index (χ0v) is 8.85. The van der Waals surface area contributed by atoms with Crippen LogP contribution in [0.25, 0.3) is 0 Å². The van der Waals surface area contributed by atoms with Crippen LogP contribution < -0.4 is 4.43 Å². The summed E-state index contributed by atoms with van der Waals surface area (Å²) in [5, 5.41) is 0. The molecule has 0 saturated carbocycles. The summed E-state index contributed by atoms with van der Waals surface area (Å²) in [5.41, 5.74) is 2.46. The van der Waals surface area contributed by atoms with E-state index in [0.717, 1.165) is 11.8 Å². The van der Waals surface area contributed by atoms with Crippen molar-refractivity contribution in [2.75, 3.05) is 0 Å². The summed E-state index contributed by atoms with van der Waals surface area (Å²) in [6.07, 6.45) is 0. The molecular formula is C10H14OSi. The second-order valence-electron chi connectivity index (χ2n) is 2.82. The van der Waals surface area contributed by atoms with E-state index in [-0.39, 0.29) is 0 Å². The zero-order valence-electron chi connectivity index (χ0n) is 7.85. The van der Waals surface area contributed by atoms with Crippen molar-refractivity contribution in [3.05, 3.63) is 29.3 Å². The summed E-state index contributed by atoms with van der Waals surface area (Å²) in [7, 11) is 0.585. The van der Waals surface area contributed by atoms with Gasteiger partial charge in [0.2, 0.25) is 0 Å². The lowest BCUT2D eigenvalue weighted by Gasteiger charge is -2.09. The number of benzene rings is 1. The second-order valence-corrected chi connectivity index (χ2v) is 4.02. The molecule has 64 valence electrons. The fourth-order valence-corrected chi connectivity index (χ4v) is 1.72. The van der Waals surface area contributed by atoms with Gasteiger partial charge in [-0.25, -0.2) is 0 Å². The standard InChI is InChI=1S/C10H14OSi/c1-4-12-11-10-8(2)6-5-7-9(10)3/h5-7H,4H2,1-3H3. The van der Waals surface area contributed by atoms with Gasteiger partial charge in [0, 0.05) is 0 Å². The van der Waals surface area contributed by atoms with Crippen molar-refractivity contribution < 1.29 is 4.43 Å². The van der Waals surface area contributed by atoms with Crippen LogP contribution in [0, 0.1) is 13.8 Å². The summed E-state index contributed by atoms with van der Waals surface area (Å²) in [4.78, 5) is 0. The fraction of sp³-hybridized carbons (Fsp3) is 0.400. The highest BCUT2D eigenvalue weighted by atomic mass is 28.2. The predicted molar refractivity (Wildman–Crippen MR) is 52.8 cm³/mol. The van der Waals surface area contributed by atoms with Crippen LogP contribution in [0.2, 0.25) is 6.04 Å². The van der Waals surface area contributed by atoms with E-state index in [1.54, 1.807) is 0 Å². The Kier molecular flexibility index (Phi) is 3.35. The van der Waals surface area contributed by atoms with Gasteiger partial charge < -0.3 is 4.43 Å². The van der Waals surface area contributed by atoms with Crippen LogP contribution in [0.5, 0.6) is 5.75 Å². The first kappa shape index (κ1) is 9.33. The largest absolute Gasteiger partial charge is 0.541 e. The van der Waals surface area contributed by atoms with Crippen molar-refractivity contribution in [3.8, 4) is 5.75 Å². The van der Waals surface area contributed by atoms with Gasteiger partial charge in [-0.05, 0) is 31.0 Å². The molecule has 0 spiro atoms. The number of para-hydroxylation sites is 1. The molecule has 1 rings (SSSR count). The van der Waals surface area contributed by atoms with Crippen LogP contribution in [0.4, 0.5) is 0 Å². The fourth-order valence-electron chi connectivity index (χ4n) is 1.10. The van der Waals surface area contributed by atoms with Crippen molar-refractivity contribution in [2.24, 2.45) is 0 Å². The van der Waals surface area contributed by atoms with Gasteiger partial charge in [0.15, 0.2) is 0 Å². The lowest BCUT2D eigenvalue weighted by molar-refractivity contribution is 0.583. The first-order valence-electron chi connectivity index (χ1n) is 4.21. The Bertz CT molecular complexity index is 238. The van der Waals surface area contributed by atoms with Crippen molar-refractivity contribution >= 4 is 9.76 Å². The molecule has 0 atom stereocenters. The van der Waals surface area contributed by atoms with Crippen LogP contribution in [0.3, 0.4) is 0 Å². The van der Waals surface area contributed by atoms with Gasteiger partial charge in [-0.2, -0.15) is 0 Å². The van der Waals surface area contributed by atoms with Crippen LogP contribution >= 0.6 is 0 Å². The molecule has 0 aliphatic rings. The quantitative estimate of drug-likeness (QED) is 0.647. The Morgan fingerprint density at radius 3 is 2.33 bits per heavy atom. The third-order valence-corrected chi connectivity index (χ3v) is 2.36. The van der Waals surface area contributed by atoms with E-state index in [1.165, 1.54) is 11.1 Å². The maximum absolute atomic E-state index is 5.64. The van der Waals surface area contributed by atoms with E-state index < -0.39 is 0 Å². The number of hydrogen-bond acceptors (Lipinski definition) is 1. The van der Waals surface area contributed by atoms with E-state index in [0.29, 0.717) is 9.76 Å². The van der Waals surface area contributed by atoms with Crippen LogP contribution in [-0.2, 0) is 0 Å². The molecule has 0 bridgehead atoms. The smallest absolute Gasteiger partial charge is 0.310 e. The molecule has 2 radical (unpaired) electrons. The highest BCUT2D eigenvalue weighted by molar-refractivity contribution is 6.28. The average molecular weight is 178 g/mol. The molecule has 0 saturated heterocycles. The molecule has 0 N–H and O–H groups in total. The lowest BCUT2D eigenvalue weighted by Crippen LogP contribution is -2.02. The van der Waals surface area contributed by atoms with Gasteiger partial charge in [-0.1, -0.05) is 25.1 Å². The normalized spacial score (nSPS) is 9.92. The van der Waals surface area contributed by atoms with Gasteiger partial charge in [-0.3, -0.25) is 0 Å². The van der Waals surface area contributed by atoms with E-state index in [1.807, 2.05) is 0 Å². The van der Waals surface area contributed by atoms with Crippen LogP contribution in [-0.4, -0.2) is 9.76 Å². The summed E-state index contributed by atoms with van der Waals surface area (Å²) in [6, 6.07) is 7.32. The number of hydrogen-bond donors (Lipinski definition) is 0. The third-order valence-electron chi connectivity index (χ3n) is 1.73. The van der Waals surface area contributed by atoms with Crippen molar-refractivity contribution in [3.63, 3.8) is 0 Å². The Hall–Kier alpha value is -0.763. The minimum atomic E-state index is 0.585. The molecule has 1 nitrogen and oxygen atoms in total. The Balaban J connectivity index is 2.81. The van der Waals surface area contributed by atoms with Crippen LogP contribution in [0.15, 0.2) is 18.2 Å². The molecule has 12 heavy (non-hydrogen) atoms. The van der Waals surface area contributed by atoms with Gasteiger partial charge in [0.1, 0.15) is 5.75 Å². The second kappa shape index (κ2) is 4.31. The predicted octanol–water partition coefficient (Wildman–Crippen LogP) is 2.74. The molecule has 0 heterocycles. The molecule has 0 aromatic heterocycles. The van der Waals surface area contributed by atoms with E-state index in [9.17, 15) is 0 Å². The summed E-state index contributed by atoms with van der Waals surface area (Å²) < 4.78 is 5.64. The molecule has 1 aromatic carbocycles. The van der Waals surface area contributed by atoms with E-state index in [4.69, 9.17) is 4.43 Å². The summed E-state index contributed by atoms with van der Waals surface area (Å²) >= 11 is 0. The minimum absolute atomic E-state index is 0.585. The molecule has 0 fully saturated rings. The van der Waals surface area contributed by atoms with Crippen LogP contribution in [0.1, 0.15) is 18.1 Å². The summed E-state index contributed by atoms with van der Waals surface area (Å²) in [5.74, 6) is 1.07. The molecule has 2 heteroatoms. The topological polar surface area (TPSA) is 9.23 Å². The maximum Gasteiger partial charge on any atom is 0.310 e. The zero-order chi connectivity index (χ0) is 8.97. The molecule has 0 unspecified atom stereocenters. The van der Waals surface area contributed by atoms with Crippen molar-refractivity contribution in [1.82, 2.24) is 0 Å². The van der Waals surface area contributed by atoms with Crippen molar-refractivity contribution in [2.45, 2.75) is 26.8 Å². The highest BCUT2D eigenvalue weighted by Gasteiger charge is 2.01. The molecular weight excluding hydrogens is 164 g/mol. The Morgan fingerprint density at radius 1 is 1.25 bits per heavy atom. The Morgan fingerprint density at radius 2 is 1.83 bits per heavy atom. The summed E-state index contributed by atoms with van der Waals surface area (Å²) in [6.45, 7) is 6.30. The number of aryl methyl sites for hydroxylation is 2. The minimum Gasteiger partial charge on any atom is -0.541 e. The van der Waals surface area contributed by atoms with Gasteiger partial charge >= 0.3 is 9.76 Å². The first-order chi connectivity index (χ1) is 5.75. The number of rotatable bonds is 3. The van der Waals surface area contributed by atoms with Gasteiger partial charge in [0.05, 0.1) is 0 Å². The first-order valence-corrected chi connectivity index (χ1v) is 5.33. The van der Waals surface area contributed by atoms with E-state index in [2.05, 4.69) is 39.0 Å². The average Bonchev–Trinajstić information content (AvgIpc) is 2.04. The monoisotopic (exact) mass is 178 g/mol. The maximum atomic E-state index is 5.64. The van der Waals surface area contributed by atoms with E-state index >= 15 is 0 Å². The van der Waals surface area contributed by atoms with Gasteiger partial charge in [0.25, 0.3) is 0 Å². The van der Waals surface area contributed by atoms with Gasteiger partial charge in [-0.15, -0.1) is 0 Å². The SMILES string of the molecule is CC[Si]Oc1c(C)cccc1C. The van der Waals surface area contributed by atoms with Crippen molar-refractivity contribution in [1.29, 1.82) is 0 Å². The molecule has 0 aliphatic carbocycles. The third kappa shape index (κ3) is 2.11. The highest BCUT2D eigenvalue weighted by Crippen LogP contribution is 2.21. The Labute approximate surface area is 76.7 Å². The lowest BCUT2D eigenvalue weighted by atomic mass is 10.1. The molecule has 0 amide bonds. The molecule has 1 aromatic rings. The molecule has 0 aliphatic heterocycles.